The molecule has 0 aromatic heterocycles. The molecule has 1 rings (SSSR count). The second kappa shape index (κ2) is 13.9. The Balaban J connectivity index is 0.00000484. The summed E-state index contributed by atoms with van der Waals surface area (Å²) in [7, 11) is 4.20. The molecule has 0 radical (unpaired) electrons. The molecule has 0 amide bonds. The van der Waals surface area contributed by atoms with Gasteiger partial charge in [0.25, 0.3) is 0 Å². The lowest BCUT2D eigenvalue weighted by atomic mass is 10.4. The Labute approximate surface area is 162 Å². The molecule has 1 aromatic carbocycles. The summed E-state index contributed by atoms with van der Waals surface area (Å²) < 4.78 is 0. The van der Waals surface area contributed by atoms with Crippen LogP contribution in [-0.4, -0.2) is 56.4 Å². The Bertz CT molecular complexity index is 426. The van der Waals surface area contributed by atoms with E-state index in [2.05, 4.69) is 72.7 Å². The fraction of sp³-hybridized carbons (Fsp3) is 0.588. The first kappa shape index (κ1) is 22.5. The molecule has 0 bridgehead atoms. The Morgan fingerprint density at radius 3 is 2.52 bits per heavy atom. The Kier molecular flexibility index (Phi) is 13.6. The molecule has 1 aromatic rings. The average molecular weight is 450 g/mol. The zero-order valence-electron chi connectivity index (χ0n) is 14.7. The number of nitrogens with zero attached hydrogens (tertiary/aromatic N) is 2. The van der Waals surface area contributed by atoms with Gasteiger partial charge in [0.05, 0.1) is 6.54 Å². The number of guanidine groups is 1. The molecule has 23 heavy (non-hydrogen) atoms. The van der Waals surface area contributed by atoms with E-state index < -0.39 is 0 Å². The topological polar surface area (TPSA) is 39.7 Å². The summed E-state index contributed by atoms with van der Waals surface area (Å²) in [4.78, 5) is 8.19. The molecule has 0 aliphatic rings. The summed E-state index contributed by atoms with van der Waals surface area (Å²) in [6.45, 7) is 8.05. The first-order valence-corrected chi connectivity index (χ1v) is 8.88. The molecule has 0 spiro atoms. The minimum absolute atomic E-state index is 0. The third kappa shape index (κ3) is 11.7. The molecule has 6 heteroatoms. The van der Waals surface area contributed by atoms with Gasteiger partial charge in [-0.3, -0.25) is 4.99 Å². The lowest BCUT2D eigenvalue weighted by Crippen LogP contribution is -2.38. The van der Waals surface area contributed by atoms with Gasteiger partial charge in [-0.05, 0) is 46.1 Å². The maximum absolute atomic E-state index is 4.69. The van der Waals surface area contributed by atoms with E-state index in [1.54, 1.807) is 0 Å². The predicted molar refractivity (Wildman–Crippen MR) is 114 cm³/mol. The van der Waals surface area contributed by atoms with E-state index in [1.165, 1.54) is 4.90 Å². The van der Waals surface area contributed by atoms with Crippen molar-refractivity contribution in [2.45, 2.75) is 30.4 Å². The zero-order chi connectivity index (χ0) is 16.2. The minimum Gasteiger partial charge on any atom is -0.357 e. The zero-order valence-corrected chi connectivity index (χ0v) is 17.9. The van der Waals surface area contributed by atoms with Gasteiger partial charge in [0, 0.05) is 23.2 Å². The van der Waals surface area contributed by atoms with E-state index in [1.807, 2.05) is 17.8 Å². The Hall–Kier alpha value is -0.470. The maximum atomic E-state index is 4.69. The van der Waals surface area contributed by atoms with Crippen LogP contribution < -0.4 is 10.6 Å². The van der Waals surface area contributed by atoms with Crippen molar-refractivity contribution in [2.75, 3.05) is 40.3 Å². The first-order chi connectivity index (χ1) is 10.6. The first-order valence-electron chi connectivity index (χ1n) is 8.00. The third-order valence-corrected chi connectivity index (χ3v) is 4.10. The van der Waals surface area contributed by atoms with Crippen LogP contribution in [0.25, 0.3) is 0 Å². The van der Waals surface area contributed by atoms with Crippen LogP contribution in [0.3, 0.4) is 0 Å². The van der Waals surface area contributed by atoms with Crippen molar-refractivity contribution in [3.63, 3.8) is 0 Å². The van der Waals surface area contributed by atoms with E-state index >= 15 is 0 Å². The highest BCUT2D eigenvalue weighted by atomic mass is 127. The van der Waals surface area contributed by atoms with Crippen LogP contribution in [0, 0.1) is 0 Å². The van der Waals surface area contributed by atoms with Crippen LogP contribution in [0.5, 0.6) is 0 Å². The lowest BCUT2D eigenvalue weighted by molar-refractivity contribution is 0.399. The third-order valence-electron chi connectivity index (χ3n) is 3.01. The van der Waals surface area contributed by atoms with Crippen molar-refractivity contribution in [3.05, 3.63) is 30.3 Å². The van der Waals surface area contributed by atoms with Crippen LogP contribution in [0.2, 0.25) is 0 Å². The number of thioether (sulfide) groups is 1. The van der Waals surface area contributed by atoms with Gasteiger partial charge in [0.1, 0.15) is 0 Å². The highest BCUT2D eigenvalue weighted by Crippen LogP contribution is 2.22. The number of aliphatic imine (C=N–C) groups is 1. The fourth-order valence-corrected chi connectivity index (χ4v) is 2.86. The number of benzene rings is 1. The van der Waals surface area contributed by atoms with Gasteiger partial charge in [0.2, 0.25) is 0 Å². The van der Waals surface area contributed by atoms with Gasteiger partial charge in [-0.2, -0.15) is 0 Å². The standard InChI is InChI=1S/C17H30N4S.HI/c1-5-18-17(19-12-9-13-21(3)4)20-14-15(2)22-16-10-7-6-8-11-16;/h6-8,10-11,15H,5,9,12-14H2,1-4H3,(H2,18,19,20);1H. The van der Waals surface area contributed by atoms with E-state index in [-0.39, 0.29) is 24.0 Å². The van der Waals surface area contributed by atoms with Crippen LogP contribution in [0.1, 0.15) is 20.3 Å². The van der Waals surface area contributed by atoms with Gasteiger partial charge in [-0.25, -0.2) is 0 Å². The number of halogens is 1. The highest BCUT2D eigenvalue weighted by Gasteiger charge is 2.04. The van der Waals surface area contributed by atoms with Crippen molar-refractivity contribution in [2.24, 2.45) is 4.99 Å². The van der Waals surface area contributed by atoms with Crippen molar-refractivity contribution >= 4 is 41.7 Å². The normalized spacial score (nSPS) is 12.7. The van der Waals surface area contributed by atoms with Gasteiger partial charge < -0.3 is 15.5 Å². The largest absolute Gasteiger partial charge is 0.357 e. The van der Waals surface area contributed by atoms with Gasteiger partial charge in [0.15, 0.2) is 5.96 Å². The average Bonchev–Trinajstić information content (AvgIpc) is 2.49. The summed E-state index contributed by atoms with van der Waals surface area (Å²) in [5.41, 5.74) is 0. The minimum atomic E-state index is 0. The van der Waals surface area contributed by atoms with Gasteiger partial charge in [-0.15, -0.1) is 35.7 Å². The molecule has 2 N–H and O–H groups in total. The molecule has 4 nitrogen and oxygen atoms in total. The molecule has 1 unspecified atom stereocenters. The smallest absolute Gasteiger partial charge is 0.191 e. The molecule has 0 saturated heterocycles. The van der Waals surface area contributed by atoms with Gasteiger partial charge in [-0.1, -0.05) is 25.1 Å². The predicted octanol–water partition coefficient (Wildman–Crippen LogP) is 3.29. The number of hydrogen-bond donors (Lipinski definition) is 2. The highest BCUT2D eigenvalue weighted by molar-refractivity contribution is 14.0. The molecule has 0 aliphatic heterocycles. The molecular formula is C17H31IN4S. The molecule has 0 saturated carbocycles. The molecule has 0 aliphatic carbocycles. The molecular weight excluding hydrogens is 419 g/mol. The second-order valence-corrected chi connectivity index (χ2v) is 7.06. The van der Waals surface area contributed by atoms with Crippen LogP contribution in [0.4, 0.5) is 0 Å². The summed E-state index contributed by atoms with van der Waals surface area (Å²) in [5.74, 6) is 0.918. The SMILES string of the molecule is CCNC(=NCC(C)Sc1ccccc1)NCCCN(C)C.I. The second-order valence-electron chi connectivity index (χ2n) is 5.54. The monoisotopic (exact) mass is 450 g/mol. The van der Waals surface area contributed by atoms with E-state index in [4.69, 9.17) is 0 Å². The van der Waals surface area contributed by atoms with Crippen molar-refractivity contribution < 1.29 is 0 Å². The van der Waals surface area contributed by atoms with Gasteiger partial charge >= 0.3 is 0 Å². The fourth-order valence-electron chi connectivity index (χ4n) is 1.93. The summed E-state index contributed by atoms with van der Waals surface area (Å²) >= 11 is 1.87. The van der Waals surface area contributed by atoms with Crippen molar-refractivity contribution in [1.82, 2.24) is 15.5 Å². The molecule has 0 heterocycles. The van der Waals surface area contributed by atoms with E-state index in [9.17, 15) is 0 Å². The van der Waals surface area contributed by atoms with Crippen molar-refractivity contribution in [1.29, 1.82) is 0 Å². The van der Waals surface area contributed by atoms with Crippen LogP contribution in [0.15, 0.2) is 40.2 Å². The van der Waals surface area contributed by atoms with Crippen LogP contribution >= 0.6 is 35.7 Å². The Morgan fingerprint density at radius 1 is 1.22 bits per heavy atom. The van der Waals surface area contributed by atoms with Crippen LogP contribution in [-0.2, 0) is 0 Å². The summed E-state index contributed by atoms with van der Waals surface area (Å²) in [6, 6.07) is 10.5. The quantitative estimate of drug-likeness (QED) is 0.199. The van der Waals surface area contributed by atoms with E-state index in [0.717, 1.165) is 38.6 Å². The summed E-state index contributed by atoms with van der Waals surface area (Å²) in [6.07, 6.45) is 1.12. The Morgan fingerprint density at radius 2 is 1.91 bits per heavy atom. The molecule has 132 valence electrons. The number of hydrogen-bond acceptors (Lipinski definition) is 3. The summed E-state index contributed by atoms with van der Waals surface area (Å²) in [5, 5.41) is 7.16. The van der Waals surface area contributed by atoms with Crippen molar-refractivity contribution in [3.8, 4) is 0 Å². The lowest BCUT2D eigenvalue weighted by Gasteiger charge is -2.14. The maximum Gasteiger partial charge on any atom is 0.191 e. The molecule has 1 atom stereocenters. The van der Waals surface area contributed by atoms with E-state index in [0.29, 0.717) is 5.25 Å². The molecule has 0 fully saturated rings. The number of nitrogens with one attached hydrogen (secondary N) is 2. The number of rotatable bonds is 9.